The summed E-state index contributed by atoms with van der Waals surface area (Å²) in [7, 11) is 0. The van der Waals surface area contributed by atoms with Crippen molar-refractivity contribution in [2.75, 3.05) is 0 Å². The Morgan fingerprint density at radius 1 is 1.67 bits per heavy atom. The lowest BCUT2D eigenvalue weighted by Gasteiger charge is -2.29. The van der Waals surface area contributed by atoms with E-state index in [0.29, 0.717) is 12.0 Å². The molecule has 0 radical (unpaired) electrons. The molecule has 0 heterocycles. The minimum absolute atomic E-state index is 0.310. The van der Waals surface area contributed by atoms with Crippen molar-refractivity contribution in [2.45, 2.75) is 51.6 Å². The molecular weight excluding hydrogens is 148 g/mol. The fourth-order valence-corrected chi connectivity index (χ4v) is 1.34. The second kappa shape index (κ2) is 3.45. The first-order valence-corrected chi connectivity index (χ1v) is 4.81. The highest BCUT2D eigenvalue weighted by atomic mass is 15.0. The molecule has 0 aromatic rings. The predicted molar refractivity (Wildman–Crippen MR) is 49.6 cm³/mol. The third-order valence-corrected chi connectivity index (χ3v) is 2.91. The Labute approximate surface area is 75.0 Å². The molecule has 12 heavy (non-hydrogen) atoms. The van der Waals surface area contributed by atoms with Crippen LogP contribution in [0.25, 0.3) is 0 Å². The number of hydrogen-bond donors (Lipinski definition) is 1. The van der Waals surface area contributed by atoms with Crippen LogP contribution in [0.4, 0.5) is 0 Å². The lowest BCUT2D eigenvalue weighted by molar-refractivity contribution is 0.307. The van der Waals surface area contributed by atoms with Crippen molar-refractivity contribution in [3.05, 3.63) is 0 Å². The highest BCUT2D eigenvalue weighted by Crippen LogP contribution is 2.27. The van der Waals surface area contributed by atoms with Gasteiger partial charge in [0.15, 0.2) is 0 Å². The van der Waals surface area contributed by atoms with Crippen LogP contribution in [0.1, 0.15) is 40.0 Å². The molecule has 2 unspecified atom stereocenters. The quantitative estimate of drug-likeness (QED) is 0.694. The van der Waals surface area contributed by atoms with Crippen LogP contribution in [-0.4, -0.2) is 11.6 Å². The van der Waals surface area contributed by atoms with Gasteiger partial charge in [0.1, 0.15) is 5.54 Å². The standard InChI is InChI=1S/C10H18N2/c1-4-8(2)10(3,7-11)12-9-5-6-9/h8-9,12H,4-6H2,1-3H3. The Kier molecular flexibility index (Phi) is 2.74. The smallest absolute Gasteiger partial charge is 0.106 e. The Bertz CT molecular complexity index is 191. The zero-order chi connectivity index (χ0) is 9.19. The Balaban J connectivity index is 2.54. The van der Waals surface area contributed by atoms with Gasteiger partial charge >= 0.3 is 0 Å². The average molecular weight is 166 g/mol. The Morgan fingerprint density at radius 3 is 2.58 bits per heavy atom. The van der Waals surface area contributed by atoms with Crippen LogP contribution in [0.15, 0.2) is 0 Å². The van der Waals surface area contributed by atoms with E-state index >= 15 is 0 Å². The molecule has 1 N–H and O–H groups in total. The van der Waals surface area contributed by atoms with Crippen molar-refractivity contribution in [1.29, 1.82) is 5.26 Å². The second-order valence-corrected chi connectivity index (χ2v) is 4.04. The largest absolute Gasteiger partial charge is 0.297 e. The van der Waals surface area contributed by atoms with E-state index < -0.39 is 0 Å². The maximum atomic E-state index is 9.05. The van der Waals surface area contributed by atoms with E-state index in [4.69, 9.17) is 5.26 Å². The van der Waals surface area contributed by atoms with Gasteiger partial charge in [-0.25, -0.2) is 0 Å². The van der Waals surface area contributed by atoms with Crippen molar-refractivity contribution in [3.8, 4) is 6.07 Å². The van der Waals surface area contributed by atoms with E-state index in [-0.39, 0.29) is 5.54 Å². The summed E-state index contributed by atoms with van der Waals surface area (Å²) in [6, 6.07) is 3.00. The van der Waals surface area contributed by atoms with Crippen molar-refractivity contribution in [1.82, 2.24) is 5.32 Å². The molecule has 1 aliphatic carbocycles. The van der Waals surface area contributed by atoms with Crippen LogP contribution in [0.5, 0.6) is 0 Å². The summed E-state index contributed by atoms with van der Waals surface area (Å²) in [5.74, 6) is 0.433. The Morgan fingerprint density at radius 2 is 2.25 bits per heavy atom. The highest BCUT2D eigenvalue weighted by molar-refractivity contribution is 5.09. The molecule has 0 amide bonds. The molecule has 0 bridgehead atoms. The van der Waals surface area contributed by atoms with Crippen LogP contribution in [-0.2, 0) is 0 Å². The van der Waals surface area contributed by atoms with Crippen LogP contribution >= 0.6 is 0 Å². The highest BCUT2D eigenvalue weighted by Gasteiger charge is 2.35. The van der Waals surface area contributed by atoms with Crippen molar-refractivity contribution >= 4 is 0 Å². The predicted octanol–water partition coefficient (Wildman–Crippen LogP) is 2.07. The molecule has 68 valence electrons. The molecule has 2 nitrogen and oxygen atoms in total. The summed E-state index contributed by atoms with van der Waals surface area (Å²) in [6.07, 6.45) is 3.55. The zero-order valence-corrected chi connectivity index (χ0v) is 8.22. The van der Waals surface area contributed by atoms with Crippen molar-refractivity contribution < 1.29 is 0 Å². The van der Waals surface area contributed by atoms with E-state index in [1.54, 1.807) is 0 Å². The summed E-state index contributed by atoms with van der Waals surface area (Å²) in [5.41, 5.74) is -0.310. The number of nitriles is 1. The molecule has 1 rings (SSSR count). The maximum Gasteiger partial charge on any atom is 0.106 e. The fourth-order valence-electron chi connectivity index (χ4n) is 1.34. The number of nitrogens with one attached hydrogen (secondary N) is 1. The molecule has 0 aromatic carbocycles. The molecule has 2 atom stereocenters. The number of hydrogen-bond acceptors (Lipinski definition) is 2. The first-order valence-electron chi connectivity index (χ1n) is 4.81. The number of rotatable bonds is 4. The van der Waals surface area contributed by atoms with Crippen molar-refractivity contribution in [3.63, 3.8) is 0 Å². The second-order valence-electron chi connectivity index (χ2n) is 4.04. The summed E-state index contributed by atoms with van der Waals surface area (Å²) in [4.78, 5) is 0. The fraction of sp³-hybridized carbons (Fsp3) is 0.900. The van der Waals surface area contributed by atoms with Gasteiger partial charge in [0.05, 0.1) is 6.07 Å². The van der Waals surface area contributed by atoms with Crippen LogP contribution in [0.3, 0.4) is 0 Å². The van der Waals surface area contributed by atoms with Gasteiger partial charge in [-0.05, 0) is 25.7 Å². The molecule has 0 aromatic heterocycles. The van der Waals surface area contributed by atoms with Gasteiger partial charge in [0, 0.05) is 6.04 Å². The third kappa shape index (κ3) is 1.98. The normalized spacial score (nSPS) is 24.2. The molecule has 1 aliphatic rings. The molecule has 1 fully saturated rings. The summed E-state index contributed by atoms with van der Waals surface area (Å²) >= 11 is 0. The van der Waals surface area contributed by atoms with E-state index in [9.17, 15) is 0 Å². The lowest BCUT2D eigenvalue weighted by Crippen LogP contribution is -2.47. The first kappa shape index (κ1) is 9.54. The van der Waals surface area contributed by atoms with Gasteiger partial charge in [-0.2, -0.15) is 5.26 Å². The van der Waals surface area contributed by atoms with Crippen LogP contribution in [0.2, 0.25) is 0 Å². The van der Waals surface area contributed by atoms with Gasteiger partial charge in [-0.15, -0.1) is 0 Å². The zero-order valence-electron chi connectivity index (χ0n) is 8.22. The molecule has 1 saturated carbocycles. The third-order valence-electron chi connectivity index (χ3n) is 2.91. The van der Waals surface area contributed by atoms with Gasteiger partial charge in [-0.3, -0.25) is 5.32 Å². The maximum absolute atomic E-state index is 9.05. The van der Waals surface area contributed by atoms with Crippen LogP contribution < -0.4 is 5.32 Å². The van der Waals surface area contributed by atoms with Crippen molar-refractivity contribution in [2.24, 2.45) is 5.92 Å². The van der Waals surface area contributed by atoms with Gasteiger partial charge < -0.3 is 0 Å². The first-order chi connectivity index (χ1) is 5.62. The summed E-state index contributed by atoms with van der Waals surface area (Å²) in [5, 5.41) is 12.5. The Hall–Kier alpha value is -0.550. The van der Waals surface area contributed by atoms with E-state index in [0.717, 1.165) is 6.42 Å². The minimum Gasteiger partial charge on any atom is -0.297 e. The van der Waals surface area contributed by atoms with E-state index in [1.807, 2.05) is 6.92 Å². The molecule has 0 aliphatic heterocycles. The SMILES string of the molecule is CCC(C)C(C)(C#N)NC1CC1. The molecule has 2 heteroatoms. The number of nitrogens with zero attached hydrogens (tertiary/aromatic N) is 1. The topological polar surface area (TPSA) is 35.8 Å². The average Bonchev–Trinajstić information content (AvgIpc) is 2.86. The summed E-state index contributed by atoms with van der Waals surface area (Å²) < 4.78 is 0. The van der Waals surface area contributed by atoms with E-state index in [1.165, 1.54) is 12.8 Å². The molecule has 0 spiro atoms. The van der Waals surface area contributed by atoms with E-state index in [2.05, 4.69) is 25.2 Å². The summed E-state index contributed by atoms with van der Waals surface area (Å²) in [6.45, 7) is 6.28. The monoisotopic (exact) mass is 166 g/mol. The molecular formula is C10H18N2. The van der Waals surface area contributed by atoms with Gasteiger partial charge in [0.25, 0.3) is 0 Å². The van der Waals surface area contributed by atoms with Gasteiger partial charge in [0.2, 0.25) is 0 Å². The lowest BCUT2D eigenvalue weighted by atomic mass is 9.86. The minimum atomic E-state index is -0.310. The van der Waals surface area contributed by atoms with Crippen LogP contribution in [0, 0.1) is 17.2 Å². The van der Waals surface area contributed by atoms with Gasteiger partial charge in [-0.1, -0.05) is 20.3 Å². The molecule has 0 saturated heterocycles.